The number of fused-ring (bicyclic) bond motifs is 2. The molecule has 0 saturated heterocycles. The fourth-order valence-electron chi connectivity index (χ4n) is 4.73. The first-order valence-electron chi connectivity index (χ1n) is 12.8. The number of carbonyl (C=O) groups is 2. The number of aryl methyl sites for hydroxylation is 1. The molecule has 0 bridgehead atoms. The summed E-state index contributed by atoms with van der Waals surface area (Å²) in [6.07, 6.45) is 4.61. The van der Waals surface area contributed by atoms with E-state index < -0.39 is 0 Å². The van der Waals surface area contributed by atoms with Gasteiger partial charge in [-0.05, 0) is 68.9 Å². The van der Waals surface area contributed by atoms with Gasteiger partial charge in [-0.15, -0.1) is 11.3 Å². The number of rotatable bonds is 8. The molecule has 1 N–H and O–H groups in total. The van der Waals surface area contributed by atoms with Crippen molar-refractivity contribution in [3.8, 4) is 17.0 Å². The van der Waals surface area contributed by atoms with Gasteiger partial charge >= 0.3 is 5.97 Å². The van der Waals surface area contributed by atoms with Gasteiger partial charge in [-0.1, -0.05) is 37.3 Å². The summed E-state index contributed by atoms with van der Waals surface area (Å²) in [5.74, 6) is 0.119. The average molecular weight is 515 g/mol. The van der Waals surface area contributed by atoms with Crippen LogP contribution in [0.3, 0.4) is 0 Å². The maximum absolute atomic E-state index is 13.8. The lowest BCUT2D eigenvalue weighted by Gasteiger charge is -2.13. The summed E-state index contributed by atoms with van der Waals surface area (Å²) in [5.41, 5.74) is 4.31. The molecule has 4 aromatic rings. The summed E-state index contributed by atoms with van der Waals surface area (Å²) >= 11 is 1.50. The van der Waals surface area contributed by atoms with E-state index in [0.29, 0.717) is 35.0 Å². The van der Waals surface area contributed by atoms with Gasteiger partial charge in [-0.25, -0.2) is 9.78 Å². The van der Waals surface area contributed by atoms with E-state index in [2.05, 4.69) is 5.32 Å². The van der Waals surface area contributed by atoms with Crippen molar-refractivity contribution >= 4 is 39.1 Å². The number of carbonyl (C=O) groups excluding carboxylic acids is 2. The minimum atomic E-state index is -0.357. The summed E-state index contributed by atoms with van der Waals surface area (Å²) in [6, 6.07) is 17.1. The Labute approximate surface area is 220 Å². The molecule has 6 nitrogen and oxygen atoms in total. The molecule has 5 rings (SSSR count). The number of thiophene rings is 1. The summed E-state index contributed by atoms with van der Waals surface area (Å²) in [7, 11) is 0. The van der Waals surface area contributed by atoms with Crippen LogP contribution in [0.2, 0.25) is 0 Å². The Morgan fingerprint density at radius 3 is 2.70 bits per heavy atom. The lowest BCUT2D eigenvalue weighted by molar-refractivity contribution is 0.0505. The van der Waals surface area contributed by atoms with Crippen LogP contribution >= 0.6 is 11.3 Å². The highest BCUT2D eigenvalue weighted by Crippen LogP contribution is 2.39. The van der Waals surface area contributed by atoms with E-state index >= 15 is 0 Å². The van der Waals surface area contributed by atoms with Crippen molar-refractivity contribution in [1.29, 1.82) is 0 Å². The van der Waals surface area contributed by atoms with Crippen LogP contribution in [0.5, 0.6) is 5.75 Å². The van der Waals surface area contributed by atoms with E-state index in [1.54, 1.807) is 0 Å². The molecular formula is C30H30N2O4S. The van der Waals surface area contributed by atoms with Crippen LogP contribution in [0, 0.1) is 0 Å². The number of nitrogens with zero attached hydrogens (tertiary/aromatic N) is 1. The maximum Gasteiger partial charge on any atom is 0.341 e. The second-order valence-electron chi connectivity index (χ2n) is 9.04. The highest BCUT2D eigenvalue weighted by molar-refractivity contribution is 7.17. The quantitative estimate of drug-likeness (QED) is 0.255. The van der Waals surface area contributed by atoms with Crippen LogP contribution in [-0.2, 0) is 17.6 Å². The standard InChI is InChI=1S/C30H30N2O4S/c1-3-16-36-30(34)27-22-13-6-8-15-26(22)37-29(27)32-28(33)23-18-25(31-24-14-7-5-12-21(23)24)19-10-9-11-20(17-19)35-4-2/h5,7,9-12,14,17-18H,3-4,6,8,13,15-16H2,1-2H3,(H,32,33). The smallest absolute Gasteiger partial charge is 0.341 e. The number of esters is 1. The van der Waals surface area contributed by atoms with Crippen LogP contribution in [0.1, 0.15) is 64.3 Å². The predicted octanol–water partition coefficient (Wildman–Crippen LogP) is 7.06. The molecule has 0 saturated carbocycles. The molecule has 2 heterocycles. The first-order chi connectivity index (χ1) is 18.1. The van der Waals surface area contributed by atoms with Gasteiger partial charge in [0.05, 0.1) is 35.6 Å². The van der Waals surface area contributed by atoms with Gasteiger partial charge in [0.2, 0.25) is 0 Å². The molecule has 2 aromatic carbocycles. The second kappa shape index (κ2) is 11.1. The average Bonchev–Trinajstić information content (AvgIpc) is 3.29. The SMILES string of the molecule is CCCOC(=O)c1c(NC(=O)c2cc(-c3cccc(OCC)c3)nc3ccccc23)sc2c1CCCC2. The van der Waals surface area contributed by atoms with E-state index in [4.69, 9.17) is 14.5 Å². The topological polar surface area (TPSA) is 77.5 Å². The van der Waals surface area contributed by atoms with Crippen molar-refractivity contribution in [2.75, 3.05) is 18.5 Å². The molecule has 0 radical (unpaired) electrons. The first kappa shape index (κ1) is 25.0. The van der Waals surface area contributed by atoms with Crippen molar-refractivity contribution in [3.05, 3.63) is 76.2 Å². The lowest BCUT2D eigenvalue weighted by atomic mass is 9.95. The molecule has 0 spiro atoms. The van der Waals surface area contributed by atoms with Gasteiger partial charge in [0.1, 0.15) is 10.8 Å². The second-order valence-corrected chi connectivity index (χ2v) is 10.1. The summed E-state index contributed by atoms with van der Waals surface area (Å²) < 4.78 is 11.2. The Balaban J connectivity index is 1.55. The van der Waals surface area contributed by atoms with Crippen LogP contribution in [0.4, 0.5) is 5.00 Å². The number of para-hydroxylation sites is 1. The van der Waals surface area contributed by atoms with Crippen LogP contribution in [0.25, 0.3) is 22.2 Å². The van der Waals surface area contributed by atoms with Gasteiger partial charge in [-0.2, -0.15) is 0 Å². The third-order valence-corrected chi connectivity index (χ3v) is 7.65. The molecule has 2 aromatic heterocycles. The largest absolute Gasteiger partial charge is 0.494 e. The van der Waals surface area contributed by atoms with Crippen molar-refractivity contribution in [2.45, 2.75) is 46.0 Å². The molecule has 0 aliphatic heterocycles. The number of benzene rings is 2. The van der Waals surface area contributed by atoms with Crippen LogP contribution in [-0.4, -0.2) is 30.1 Å². The summed E-state index contributed by atoms with van der Waals surface area (Å²) in [5, 5.41) is 4.39. The van der Waals surface area contributed by atoms with Crippen LogP contribution in [0.15, 0.2) is 54.6 Å². The van der Waals surface area contributed by atoms with Crippen molar-refractivity contribution < 1.29 is 19.1 Å². The maximum atomic E-state index is 13.8. The fourth-order valence-corrected chi connectivity index (χ4v) is 6.00. The number of aromatic nitrogens is 1. The molecule has 1 amide bonds. The van der Waals surface area contributed by atoms with Gasteiger partial charge in [0, 0.05) is 15.8 Å². The highest BCUT2D eigenvalue weighted by atomic mass is 32.1. The molecule has 0 atom stereocenters. The minimum Gasteiger partial charge on any atom is -0.494 e. The van der Waals surface area contributed by atoms with Crippen molar-refractivity contribution in [2.24, 2.45) is 0 Å². The molecule has 1 aliphatic rings. The Morgan fingerprint density at radius 2 is 1.86 bits per heavy atom. The zero-order valence-corrected chi connectivity index (χ0v) is 22.0. The number of pyridine rings is 1. The van der Waals surface area contributed by atoms with E-state index in [1.165, 1.54) is 11.3 Å². The number of ether oxygens (including phenoxy) is 2. The minimum absolute atomic E-state index is 0.274. The Hall–Kier alpha value is -3.71. The van der Waals surface area contributed by atoms with E-state index in [-0.39, 0.29) is 11.9 Å². The van der Waals surface area contributed by atoms with Gasteiger partial charge in [0.15, 0.2) is 0 Å². The first-order valence-corrected chi connectivity index (χ1v) is 13.7. The van der Waals surface area contributed by atoms with Crippen molar-refractivity contribution in [1.82, 2.24) is 4.98 Å². The number of hydrogen-bond donors (Lipinski definition) is 1. The zero-order chi connectivity index (χ0) is 25.8. The zero-order valence-electron chi connectivity index (χ0n) is 21.1. The Kier molecular flexibility index (Phi) is 7.51. The summed E-state index contributed by atoms with van der Waals surface area (Å²) in [4.78, 5) is 32.8. The molecule has 0 unspecified atom stereocenters. The van der Waals surface area contributed by atoms with Crippen molar-refractivity contribution in [3.63, 3.8) is 0 Å². The fraction of sp³-hybridized carbons (Fsp3) is 0.300. The Morgan fingerprint density at radius 1 is 1.03 bits per heavy atom. The van der Waals surface area contributed by atoms with Gasteiger partial charge in [0.25, 0.3) is 5.91 Å². The number of anilines is 1. The number of nitrogens with one attached hydrogen (secondary N) is 1. The third kappa shape index (κ3) is 5.23. The monoisotopic (exact) mass is 514 g/mol. The number of amides is 1. The summed E-state index contributed by atoms with van der Waals surface area (Å²) in [6.45, 7) is 4.83. The molecule has 37 heavy (non-hydrogen) atoms. The molecule has 1 aliphatic carbocycles. The normalized spacial score (nSPS) is 12.7. The predicted molar refractivity (Wildman–Crippen MR) is 148 cm³/mol. The van der Waals surface area contributed by atoms with E-state index in [9.17, 15) is 9.59 Å². The molecule has 7 heteroatoms. The molecule has 0 fully saturated rings. The van der Waals surface area contributed by atoms with E-state index in [1.807, 2.05) is 68.4 Å². The highest BCUT2D eigenvalue weighted by Gasteiger charge is 2.28. The van der Waals surface area contributed by atoms with E-state index in [0.717, 1.165) is 64.8 Å². The molecule has 190 valence electrons. The third-order valence-electron chi connectivity index (χ3n) is 6.44. The molecular weight excluding hydrogens is 484 g/mol. The number of hydrogen-bond acceptors (Lipinski definition) is 6. The lowest BCUT2D eigenvalue weighted by Crippen LogP contribution is -2.16. The van der Waals surface area contributed by atoms with Gasteiger partial charge in [-0.3, -0.25) is 4.79 Å². The Bertz CT molecular complexity index is 1460. The van der Waals surface area contributed by atoms with Gasteiger partial charge < -0.3 is 14.8 Å². The van der Waals surface area contributed by atoms with Crippen LogP contribution < -0.4 is 10.1 Å².